The number of nitrogens with one attached hydrogen (secondary N) is 2. The lowest BCUT2D eigenvalue weighted by Crippen LogP contribution is -2.46. The van der Waals surface area contributed by atoms with Crippen LogP contribution < -0.4 is 16.4 Å². The van der Waals surface area contributed by atoms with Crippen molar-refractivity contribution in [3.8, 4) is 0 Å². The van der Waals surface area contributed by atoms with E-state index < -0.39 is 114 Å². The van der Waals surface area contributed by atoms with Crippen molar-refractivity contribution in [3.63, 3.8) is 0 Å². The molecule has 0 radical (unpaired) electrons. The number of aromatic nitrogens is 4. The first-order chi connectivity index (χ1) is 27.4. The number of phosphoric ester groups is 3. The third kappa shape index (κ3) is 15.9. The maximum Gasteiger partial charge on any atom is 0.481 e. The van der Waals surface area contributed by atoms with Crippen molar-refractivity contribution in [1.29, 1.82) is 0 Å². The van der Waals surface area contributed by atoms with Crippen molar-refractivity contribution in [2.24, 2.45) is 5.41 Å². The van der Waals surface area contributed by atoms with Gasteiger partial charge in [-0.25, -0.2) is 28.6 Å². The van der Waals surface area contributed by atoms with Gasteiger partial charge in [-0.3, -0.25) is 32.5 Å². The van der Waals surface area contributed by atoms with Crippen LogP contribution in [0.1, 0.15) is 45.8 Å². The third-order valence-electron chi connectivity index (χ3n) is 8.10. The minimum absolute atomic E-state index is 0.00610. The number of hydrogen-bond donors (Lipinski definition) is 14. The monoisotopic (exact) mass is 945 g/mol. The second-order valence-corrected chi connectivity index (χ2v) is 19.0. The third-order valence-corrected chi connectivity index (χ3v) is 12.2. The minimum atomic E-state index is -5.62. The van der Waals surface area contributed by atoms with Crippen molar-refractivity contribution >= 4 is 69.1 Å². The van der Waals surface area contributed by atoms with Gasteiger partial charge in [-0.15, -0.1) is 0 Å². The molecule has 2 aromatic heterocycles. The molecule has 2 aromatic rings. The fourth-order valence-electron chi connectivity index (χ4n) is 5.06. The van der Waals surface area contributed by atoms with E-state index in [1.54, 1.807) is 0 Å². The van der Waals surface area contributed by atoms with E-state index in [2.05, 4.69) is 34.4 Å². The molecule has 1 aliphatic rings. The summed E-state index contributed by atoms with van der Waals surface area (Å²) in [6.45, 7) is -0.208. The summed E-state index contributed by atoms with van der Waals surface area (Å²) in [6.07, 6.45) is -8.95. The molecule has 15 N–H and O–H groups in total. The Morgan fingerprint density at radius 2 is 1.63 bits per heavy atom. The van der Waals surface area contributed by atoms with Gasteiger partial charge in [0.2, 0.25) is 22.7 Å². The quantitative estimate of drug-likeness (QED) is 0.0272. The van der Waals surface area contributed by atoms with Crippen LogP contribution in [0.25, 0.3) is 11.2 Å². The van der Waals surface area contributed by atoms with E-state index in [0.29, 0.717) is 11.8 Å². The number of rotatable bonds is 24. The van der Waals surface area contributed by atoms with E-state index in [-0.39, 0.29) is 48.7 Å². The maximum atomic E-state index is 12.7. The number of aliphatic hydroxyl groups excluding tert-OH is 2. The van der Waals surface area contributed by atoms with Crippen LogP contribution in [-0.2, 0) is 50.7 Å². The molecule has 2 unspecified atom stereocenters. The summed E-state index contributed by atoms with van der Waals surface area (Å²) < 4.78 is 61.9. The van der Waals surface area contributed by atoms with Gasteiger partial charge in [-0.05, 0) is 6.42 Å². The molecule has 33 heteroatoms. The molecule has 2 amide bonds. The molecule has 1 saturated heterocycles. The smallest absolute Gasteiger partial charge is 0.386 e. The summed E-state index contributed by atoms with van der Waals surface area (Å²) in [5.41, 5.74) is 4.12. The topological polar surface area (TPSA) is 465 Å². The number of hydrogen-bond acceptors (Lipinski definition) is 23. The van der Waals surface area contributed by atoms with Crippen molar-refractivity contribution in [1.82, 2.24) is 30.2 Å². The number of aliphatic hydroxyl groups is 7. The largest absolute Gasteiger partial charge is 0.481 e. The van der Waals surface area contributed by atoms with Crippen LogP contribution >= 0.6 is 35.2 Å². The Kier molecular flexibility index (Phi) is 17.8. The second-order valence-electron chi connectivity index (χ2n) is 13.6. The van der Waals surface area contributed by atoms with E-state index in [1.807, 2.05) is 0 Å². The predicted octanol–water partition coefficient (Wildman–Crippen LogP) is -3.85. The summed E-state index contributed by atoms with van der Waals surface area (Å²) in [6, 6.07) is 0. The first-order valence-electron chi connectivity index (χ1n) is 17.1. The molecule has 0 aliphatic carbocycles. The van der Waals surface area contributed by atoms with Gasteiger partial charge < -0.3 is 76.4 Å². The highest BCUT2D eigenvalue weighted by Crippen LogP contribution is 2.61. The first-order valence-corrected chi connectivity index (χ1v) is 22.6. The fourth-order valence-corrected chi connectivity index (χ4v) is 8.62. The highest BCUT2D eigenvalue weighted by molar-refractivity contribution is 8.13. The Morgan fingerprint density at radius 1 is 0.983 bits per heavy atom. The van der Waals surface area contributed by atoms with Crippen LogP contribution in [0.3, 0.4) is 0 Å². The van der Waals surface area contributed by atoms with Crippen molar-refractivity contribution < 1.29 is 106 Å². The van der Waals surface area contributed by atoms with Gasteiger partial charge in [-0.2, -0.15) is 4.31 Å². The molecule has 1 fully saturated rings. The highest BCUT2D eigenvalue weighted by atomic mass is 32.2. The Labute approximate surface area is 342 Å². The van der Waals surface area contributed by atoms with E-state index in [9.17, 15) is 68.1 Å². The van der Waals surface area contributed by atoms with Gasteiger partial charge in [0.1, 0.15) is 36.3 Å². The molecule has 3 rings (SSSR count). The van der Waals surface area contributed by atoms with Gasteiger partial charge in [0.05, 0.1) is 19.5 Å². The number of ether oxygens (including phenoxy) is 1. The number of nitrogens with two attached hydrogens (primary N) is 1. The summed E-state index contributed by atoms with van der Waals surface area (Å²) in [4.78, 5) is 87.5. The molecular weight excluding hydrogens is 899 g/mol. The normalized spacial score (nSPS) is 21.6. The zero-order valence-corrected chi connectivity index (χ0v) is 34.9. The molecule has 342 valence electrons. The van der Waals surface area contributed by atoms with Crippen molar-refractivity contribution in [2.45, 2.75) is 81.9 Å². The molecule has 7 atom stereocenters. The SMILES string of the molecule is CC(C)(COP(=O)(O)OP(=O)(O)OC[C@H]1O[C@@H](n2cnc3c(N)ncnc32)[C@H](O)[C@@H]1OP(=O)(O)O)[C@@H](O)C(=O)NCCC(=O)NCCSC(=O)C(O)(O)CCCC(O)(O)O. The van der Waals surface area contributed by atoms with Gasteiger partial charge >= 0.3 is 23.5 Å². The molecule has 60 heavy (non-hydrogen) atoms. The lowest BCUT2D eigenvalue weighted by atomic mass is 9.87. The lowest BCUT2D eigenvalue weighted by molar-refractivity contribution is -0.316. The van der Waals surface area contributed by atoms with Crippen molar-refractivity contribution in [3.05, 3.63) is 12.7 Å². The van der Waals surface area contributed by atoms with Crippen LogP contribution in [0.5, 0.6) is 0 Å². The number of carbonyl (C=O) groups is 3. The summed E-state index contributed by atoms with van der Waals surface area (Å²) in [5.74, 6) is -7.76. The van der Waals surface area contributed by atoms with Crippen LogP contribution in [0.15, 0.2) is 12.7 Å². The van der Waals surface area contributed by atoms with E-state index in [4.69, 9.17) is 34.8 Å². The predicted molar refractivity (Wildman–Crippen MR) is 198 cm³/mol. The zero-order chi connectivity index (χ0) is 45.5. The molecular formula is C27H46N7O22P3S. The molecule has 29 nitrogen and oxygen atoms in total. The Morgan fingerprint density at radius 3 is 2.27 bits per heavy atom. The summed E-state index contributed by atoms with van der Waals surface area (Å²) in [5, 5.41) is 71.1. The molecule has 0 saturated carbocycles. The number of thioether (sulfide) groups is 1. The Balaban J connectivity index is 1.45. The minimum Gasteiger partial charge on any atom is -0.386 e. The lowest BCUT2D eigenvalue weighted by Gasteiger charge is -2.30. The number of carbonyl (C=O) groups excluding carboxylic acids is 3. The van der Waals surface area contributed by atoms with Crippen molar-refractivity contribution in [2.75, 3.05) is 37.8 Å². The highest BCUT2D eigenvalue weighted by Gasteiger charge is 2.50. The molecule has 3 heterocycles. The average Bonchev–Trinajstić information content (AvgIpc) is 3.67. The van der Waals surface area contributed by atoms with Crippen LogP contribution in [0.4, 0.5) is 5.82 Å². The Hall–Kier alpha value is -2.64. The number of fused-ring (bicyclic) bond motifs is 1. The van der Waals surface area contributed by atoms with E-state index in [1.165, 1.54) is 13.8 Å². The standard InChI is InChI=1S/C27H46N7O22P3S/c1-25(2,19(37)22(38)30-7-4-15(35)29-8-9-60-24(39)26(40,41)5-3-6-27(42,43)44)11-53-59(50,51)56-58(48,49)52-10-14-18(55-57(45,46)47)17(36)23(54-14)34-13-33-16-20(28)31-12-32-21(16)34/h12-14,17-19,23,36-37,40-44H,3-11H2,1-2H3,(H,29,35)(H,30,38)(H,48,49)(H,50,51)(H2,28,31,32)(H2,45,46,47)/t14-,17-,18-,19+,23-/m1/s1. The van der Waals surface area contributed by atoms with Gasteiger partial charge in [0.25, 0.3) is 5.97 Å². The zero-order valence-electron chi connectivity index (χ0n) is 31.4. The number of anilines is 1. The number of imidazole rings is 1. The second kappa shape index (κ2) is 20.7. The summed E-state index contributed by atoms with van der Waals surface area (Å²) >= 11 is 0.448. The number of amides is 2. The van der Waals surface area contributed by atoms with E-state index in [0.717, 1.165) is 17.2 Å². The molecule has 0 spiro atoms. The molecule has 1 aliphatic heterocycles. The Bertz CT molecular complexity index is 1960. The number of nitrogen functional groups attached to an aromatic ring is 1. The fraction of sp³-hybridized carbons (Fsp3) is 0.704. The van der Waals surface area contributed by atoms with Crippen LogP contribution in [0, 0.1) is 5.41 Å². The molecule has 0 bridgehead atoms. The molecule has 0 aromatic carbocycles. The number of phosphoric acid groups is 3. The summed E-state index contributed by atoms with van der Waals surface area (Å²) in [7, 11) is -16.5. The average molecular weight is 946 g/mol. The van der Waals surface area contributed by atoms with Crippen LogP contribution in [-0.4, -0.2) is 160 Å². The van der Waals surface area contributed by atoms with Gasteiger partial charge in [0.15, 0.2) is 17.7 Å². The van der Waals surface area contributed by atoms with Gasteiger partial charge in [-0.1, -0.05) is 25.6 Å². The number of nitrogens with zero attached hydrogens (tertiary/aromatic N) is 4. The van der Waals surface area contributed by atoms with Crippen LogP contribution in [0.2, 0.25) is 0 Å². The first kappa shape index (κ1) is 51.7. The van der Waals surface area contributed by atoms with E-state index >= 15 is 0 Å². The maximum absolute atomic E-state index is 12.7. The van der Waals surface area contributed by atoms with Gasteiger partial charge in [0, 0.05) is 43.5 Å².